The minimum Gasteiger partial charge on any atom is -0.495 e. The molecule has 22 heavy (non-hydrogen) atoms. The van der Waals surface area contributed by atoms with E-state index in [-0.39, 0.29) is 12.4 Å². The van der Waals surface area contributed by atoms with Gasteiger partial charge in [0, 0.05) is 26.2 Å². The van der Waals surface area contributed by atoms with E-state index < -0.39 is 0 Å². The highest BCUT2D eigenvalue weighted by Gasteiger charge is 2.08. The fourth-order valence-corrected chi connectivity index (χ4v) is 2.58. The number of rotatable bonds is 7. The number of ether oxygens (including phenoxy) is 1. The number of methoxy groups -OCH3 is 1. The molecule has 0 spiro atoms. The van der Waals surface area contributed by atoms with Crippen molar-refractivity contribution in [2.45, 2.75) is 13.1 Å². The van der Waals surface area contributed by atoms with E-state index in [2.05, 4.69) is 29.2 Å². The van der Waals surface area contributed by atoms with E-state index >= 15 is 0 Å². The van der Waals surface area contributed by atoms with Crippen molar-refractivity contribution in [1.82, 2.24) is 4.90 Å². The summed E-state index contributed by atoms with van der Waals surface area (Å²) < 4.78 is 5.18. The van der Waals surface area contributed by atoms with Crippen LogP contribution in [0.1, 0.15) is 11.1 Å². The molecule has 2 N–H and O–H groups in total. The van der Waals surface area contributed by atoms with E-state index in [0.717, 1.165) is 25.2 Å². The normalized spacial score (nSPS) is 10.4. The van der Waals surface area contributed by atoms with Gasteiger partial charge in [-0.2, -0.15) is 0 Å². The second-order valence-electron chi connectivity index (χ2n) is 4.95. The molecule has 0 unspecified atom stereocenters. The van der Waals surface area contributed by atoms with Gasteiger partial charge in [-0.1, -0.05) is 48.0 Å². The first-order valence-electron chi connectivity index (χ1n) is 7.01. The van der Waals surface area contributed by atoms with Crippen molar-refractivity contribution >= 4 is 24.0 Å². The van der Waals surface area contributed by atoms with Crippen LogP contribution in [-0.4, -0.2) is 25.1 Å². The first-order chi connectivity index (χ1) is 10.2. The third kappa shape index (κ3) is 5.50. The third-order valence-electron chi connectivity index (χ3n) is 3.32. The summed E-state index contributed by atoms with van der Waals surface area (Å²) in [5, 5.41) is 0.641. The molecule has 0 bridgehead atoms. The Hall–Kier alpha value is -1.26. The van der Waals surface area contributed by atoms with Crippen molar-refractivity contribution in [2.24, 2.45) is 5.73 Å². The first kappa shape index (κ1) is 18.8. The van der Waals surface area contributed by atoms with Gasteiger partial charge in [0.2, 0.25) is 0 Å². The molecule has 3 nitrogen and oxygen atoms in total. The molecule has 0 atom stereocenters. The third-order valence-corrected chi connectivity index (χ3v) is 3.61. The fraction of sp³-hybridized carbons (Fsp3) is 0.294. The molecular formula is C17H22Cl2N2O. The minimum absolute atomic E-state index is 0. The highest BCUT2D eigenvalue weighted by atomic mass is 35.5. The number of nitrogens with two attached hydrogens (primary N) is 1. The Balaban J connectivity index is 0.00000242. The predicted molar refractivity (Wildman–Crippen MR) is 94.9 cm³/mol. The molecule has 0 aromatic heterocycles. The Bertz CT molecular complexity index is 564. The van der Waals surface area contributed by atoms with E-state index in [9.17, 15) is 0 Å². The van der Waals surface area contributed by atoms with Crippen LogP contribution in [0.15, 0.2) is 48.5 Å². The largest absolute Gasteiger partial charge is 0.495 e. The van der Waals surface area contributed by atoms with Crippen LogP contribution < -0.4 is 10.5 Å². The van der Waals surface area contributed by atoms with E-state index in [0.29, 0.717) is 17.3 Å². The van der Waals surface area contributed by atoms with Gasteiger partial charge in [-0.15, -0.1) is 12.4 Å². The Kier molecular flexibility index (Phi) is 8.28. The van der Waals surface area contributed by atoms with Crippen LogP contribution in [0, 0.1) is 0 Å². The van der Waals surface area contributed by atoms with Gasteiger partial charge >= 0.3 is 0 Å². The van der Waals surface area contributed by atoms with Gasteiger partial charge < -0.3 is 10.5 Å². The Morgan fingerprint density at radius 1 is 1.05 bits per heavy atom. The van der Waals surface area contributed by atoms with E-state index in [1.54, 1.807) is 7.11 Å². The van der Waals surface area contributed by atoms with Gasteiger partial charge in [0.05, 0.1) is 12.1 Å². The van der Waals surface area contributed by atoms with Gasteiger partial charge in [-0.3, -0.25) is 4.90 Å². The summed E-state index contributed by atoms with van der Waals surface area (Å²) in [5.74, 6) is 0.703. The monoisotopic (exact) mass is 340 g/mol. The zero-order valence-electron chi connectivity index (χ0n) is 12.7. The number of nitrogens with zero attached hydrogens (tertiary/aromatic N) is 1. The lowest BCUT2D eigenvalue weighted by molar-refractivity contribution is 0.264. The molecule has 0 aliphatic rings. The summed E-state index contributed by atoms with van der Waals surface area (Å²) in [6.45, 7) is 3.17. The molecule has 2 aromatic carbocycles. The Morgan fingerprint density at radius 2 is 1.73 bits per heavy atom. The van der Waals surface area contributed by atoms with Crippen LogP contribution in [-0.2, 0) is 13.1 Å². The smallest absolute Gasteiger partial charge is 0.137 e. The fourth-order valence-electron chi connectivity index (χ4n) is 2.30. The summed E-state index contributed by atoms with van der Waals surface area (Å²) in [6, 6.07) is 16.3. The second-order valence-corrected chi connectivity index (χ2v) is 5.36. The molecule has 2 rings (SSSR count). The quantitative estimate of drug-likeness (QED) is 0.834. The van der Waals surface area contributed by atoms with E-state index in [1.807, 2.05) is 24.3 Å². The standard InChI is InChI=1S/C17H21ClN2O.ClH/c1-21-17-8-7-15(11-16(17)18)13-20(10-9-19)12-14-5-3-2-4-6-14;/h2-8,11H,9-10,12-13,19H2,1H3;1H. The lowest BCUT2D eigenvalue weighted by Gasteiger charge is -2.22. The molecule has 0 radical (unpaired) electrons. The molecule has 0 amide bonds. The first-order valence-corrected chi connectivity index (χ1v) is 7.39. The maximum absolute atomic E-state index is 6.18. The van der Waals surface area contributed by atoms with Gasteiger partial charge in [0.1, 0.15) is 5.75 Å². The molecule has 2 aromatic rings. The van der Waals surface area contributed by atoms with Crippen LogP contribution in [0.4, 0.5) is 0 Å². The maximum atomic E-state index is 6.18. The topological polar surface area (TPSA) is 38.5 Å². The lowest BCUT2D eigenvalue weighted by Crippen LogP contribution is -2.28. The summed E-state index contributed by atoms with van der Waals surface area (Å²) in [6.07, 6.45) is 0. The molecular weight excluding hydrogens is 319 g/mol. The van der Waals surface area contributed by atoms with Crippen molar-refractivity contribution in [1.29, 1.82) is 0 Å². The number of hydrogen-bond acceptors (Lipinski definition) is 3. The van der Waals surface area contributed by atoms with Crippen molar-refractivity contribution in [3.8, 4) is 5.75 Å². The number of halogens is 2. The van der Waals surface area contributed by atoms with Crippen LogP contribution in [0.3, 0.4) is 0 Å². The predicted octanol–water partition coefficient (Wildman–Crippen LogP) is 3.73. The van der Waals surface area contributed by atoms with E-state index in [1.165, 1.54) is 5.56 Å². The van der Waals surface area contributed by atoms with Crippen LogP contribution in [0.5, 0.6) is 5.75 Å². The minimum atomic E-state index is 0. The van der Waals surface area contributed by atoms with Gasteiger partial charge in [-0.05, 0) is 23.3 Å². The highest BCUT2D eigenvalue weighted by Crippen LogP contribution is 2.25. The van der Waals surface area contributed by atoms with Crippen LogP contribution in [0.25, 0.3) is 0 Å². The summed E-state index contributed by atoms with van der Waals surface area (Å²) in [5.41, 5.74) is 8.17. The molecule has 0 saturated carbocycles. The maximum Gasteiger partial charge on any atom is 0.137 e. The van der Waals surface area contributed by atoms with Crippen molar-refractivity contribution < 1.29 is 4.74 Å². The SMILES string of the molecule is COc1ccc(CN(CCN)Cc2ccccc2)cc1Cl.Cl. The highest BCUT2D eigenvalue weighted by molar-refractivity contribution is 6.32. The molecule has 0 aliphatic heterocycles. The number of benzene rings is 2. The average molecular weight is 341 g/mol. The molecule has 0 aliphatic carbocycles. The summed E-state index contributed by atoms with van der Waals surface area (Å²) >= 11 is 6.18. The van der Waals surface area contributed by atoms with Crippen LogP contribution in [0.2, 0.25) is 5.02 Å². The molecule has 5 heteroatoms. The molecule has 120 valence electrons. The van der Waals surface area contributed by atoms with E-state index in [4.69, 9.17) is 22.1 Å². The second kappa shape index (κ2) is 9.70. The Morgan fingerprint density at radius 3 is 2.32 bits per heavy atom. The molecule has 0 heterocycles. The van der Waals surface area contributed by atoms with Gasteiger partial charge in [-0.25, -0.2) is 0 Å². The zero-order valence-corrected chi connectivity index (χ0v) is 14.2. The number of hydrogen-bond donors (Lipinski definition) is 1. The van der Waals surface area contributed by atoms with Crippen molar-refractivity contribution in [3.63, 3.8) is 0 Å². The van der Waals surface area contributed by atoms with Gasteiger partial charge in [0.15, 0.2) is 0 Å². The van der Waals surface area contributed by atoms with Crippen molar-refractivity contribution in [2.75, 3.05) is 20.2 Å². The zero-order chi connectivity index (χ0) is 15.1. The molecule has 0 saturated heterocycles. The van der Waals surface area contributed by atoms with Crippen LogP contribution >= 0.6 is 24.0 Å². The van der Waals surface area contributed by atoms with Gasteiger partial charge in [0.25, 0.3) is 0 Å². The summed E-state index contributed by atoms with van der Waals surface area (Å²) in [4.78, 5) is 2.31. The lowest BCUT2D eigenvalue weighted by atomic mass is 10.1. The summed E-state index contributed by atoms with van der Waals surface area (Å²) in [7, 11) is 1.62. The average Bonchev–Trinajstić information content (AvgIpc) is 2.49. The van der Waals surface area contributed by atoms with Crippen molar-refractivity contribution in [3.05, 3.63) is 64.7 Å². The molecule has 0 fully saturated rings. The Labute approximate surface area is 143 Å².